The highest BCUT2D eigenvalue weighted by atomic mass is 19.1. The van der Waals surface area contributed by atoms with Gasteiger partial charge in [-0.2, -0.15) is 0 Å². The van der Waals surface area contributed by atoms with Crippen LogP contribution in [0.4, 0.5) is 10.1 Å². The van der Waals surface area contributed by atoms with Crippen molar-refractivity contribution < 1.29 is 18.7 Å². The lowest BCUT2D eigenvalue weighted by Gasteiger charge is -2.24. The largest absolute Gasteiger partial charge is 0.483 e. The van der Waals surface area contributed by atoms with Gasteiger partial charge in [0.05, 0.1) is 11.3 Å². The molecule has 2 amide bonds. The fourth-order valence-corrected chi connectivity index (χ4v) is 2.90. The summed E-state index contributed by atoms with van der Waals surface area (Å²) in [6.07, 6.45) is 1.75. The Morgan fingerprint density at radius 3 is 2.56 bits per heavy atom. The maximum atomic E-state index is 13.6. The number of hydrogen-bond acceptors (Lipinski definition) is 4. The number of ether oxygens (including phenoxy) is 1. The Labute approximate surface area is 157 Å². The summed E-state index contributed by atoms with van der Waals surface area (Å²) in [5.41, 5.74) is 0.456. The molecular formula is C20H22FN3O3. The minimum atomic E-state index is -0.521. The Kier molecular flexibility index (Phi) is 6.38. The first-order valence-electron chi connectivity index (χ1n) is 8.91. The number of halogens is 1. The van der Waals surface area contributed by atoms with Crippen LogP contribution in [0.1, 0.15) is 23.2 Å². The molecule has 142 valence electrons. The Hall–Kier alpha value is -2.93. The maximum absolute atomic E-state index is 13.6. The molecule has 1 aliphatic heterocycles. The number of carbonyl (C=O) groups excluding carboxylic acids is 2. The predicted molar refractivity (Wildman–Crippen MR) is 100 cm³/mol. The molecule has 0 spiro atoms. The highest BCUT2D eigenvalue weighted by Gasteiger charge is 2.19. The molecule has 1 aliphatic rings. The molecule has 0 atom stereocenters. The third-order valence-electron chi connectivity index (χ3n) is 4.31. The second kappa shape index (κ2) is 9.14. The topological polar surface area (TPSA) is 79.5 Å². The van der Waals surface area contributed by atoms with Crippen LogP contribution >= 0.6 is 0 Å². The summed E-state index contributed by atoms with van der Waals surface area (Å²) in [5.74, 6) is -0.944. The van der Waals surface area contributed by atoms with Crippen molar-refractivity contribution >= 4 is 17.5 Å². The third kappa shape index (κ3) is 5.27. The lowest BCUT2D eigenvalue weighted by molar-refractivity contribution is -0.118. The van der Waals surface area contributed by atoms with Crippen molar-refractivity contribution in [1.82, 2.24) is 10.6 Å². The van der Waals surface area contributed by atoms with Crippen LogP contribution in [-0.2, 0) is 4.79 Å². The van der Waals surface area contributed by atoms with E-state index in [4.69, 9.17) is 4.74 Å². The van der Waals surface area contributed by atoms with Crippen LogP contribution in [-0.4, -0.2) is 37.6 Å². The van der Waals surface area contributed by atoms with Crippen molar-refractivity contribution in [2.75, 3.05) is 25.0 Å². The average Bonchev–Trinajstić information content (AvgIpc) is 2.69. The highest BCUT2D eigenvalue weighted by molar-refractivity contribution is 5.97. The van der Waals surface area contributed by atoms with Crippen molar-refractivity contribution in [1.29, 1.82) is 0 Å². The van der Waals surface area contributed by atoms with Crippen LogP contribution in [0.2, 0.25) is 0 Å². The van der Waals surface area contributed by atoms with Crippen molar-refractivity contribution in [3.8, 4) is 5.75 Å². The zero-order valence-electron chi connectivity index (χ0n) is 14.8. The number of anilines is 1. The van der Waals surface area contributed by atoms with Crippen LogP contribution in [0.5, 0.6) is 5.75 Å². The number of piperidine rings is 1. The van der Waals surface area contributed by atoms with Gasteiger partial charge < -0.3 is 20.7 Å². The zero-order chi connectivity index (χ0) is 19.1. The fourth-order valence-electron chi connectivity index (χ4n) is 2.90. The molecule has 27 heavy (non-hydrogen) atoms. The molecule has 2 aromatic carbocycles. The number of nitrogens with one attached hydrogen (secondary N) is 3. The normalized spacial score (nSPS) is 14.4. The first-order chi connectivity index (χ1) is 13.1. The second-order valence-electron chi connectivity index (χ2n) is 6.31. The summed E-state index contributed by atoms with van der Waals surface area (Å²) in [5, 5.41) is 8.70. The first kappa shape index (κ1) is 18.8. The van der Waals surface area contributed by atoms with E-state index in [0.717, 1.165) is 25.9 Å². The standard InChI is InChI=1S/C20H22FN3O3/c21-16-6-2-3-7-17(16)24-19(25)13-27-18-8-4-1-5-15(18)20(26)23-14-9-11-22-12-10-14/h1-8,14,22H,9-13H2,(H,23,26)(H,24,25). The van der Waals surface area contributed by atoms with Crippen molar-refractivity contribution in [2.45, 2.75) is 18.9 Å². The number of rotatable bonds is 6. The summed E-state index contributed by atoms with van der Waals surface area (Å²) in [4.78, 5) is 24.6. The van der Waals surface area contributed by atoms with E-state index in [-0.39, 0.29) is 24.2 Å². The van der Waals surface area contributed by atoms with E-state index in [9.17, 15) is 14.0 Å². The Bertz CT molecular complexity index is 807. The minimum Gasteiger partial charge on any atom is -0.483 e. The Balaban J connectivity index is 1.59. The number of carbonyl (C=O) groups is 2. The molecule has 3 N–H and O–H groups in total. The molecule has 0 unspecified atom stereocenters. The van der Waals surface area contributed by atoms with Gasteiger partial charge in [-0.25, -0.2) is 4.39 Å². The van der Waals surface area contributed by atoms with Gasteiger partial charge in [0.15, 0.2) is 6.61 Å². The van der Waals surface area contributed by atoms with E-state index in [0.29, 0.717) is 11.3 Å². The molecule has 6 nitrogen and oxygen atoms in total. The summed E-state index contributed by atoms with van der Waals surface area (Å²) in [6.45, 7) is 1.42. The van der Waals surface area contributed by atoms with Crippen LogP contribution in [0.3, 0.4) is 0 Å². The van der Waals surface area contributed by atoms with Crippen LogP contribution in [0.25, 0.3) is 0 Å². The van der Waals surface area contributed by atoms with Gasteiger partial charge >= 0.3 is 0 Å². The third-order valence-corrected chi connectivity index (χ3v) is 4.31. The van der Waals surface area contributed by atoms with Crippen LogP contribution in [0.15, 0.2) is 48.5 Å². The lowest BCUT2D eigenvalue weighted by Crippen LogP contribution is -2.42. The molecule has 3 rings (SSSR count). The zero-order valence-corrected chi connectivity index (χ0v) is 14.8. The molecule has 1 fully saturated rings. The number of amides is 2. The molecule has 7 heteroatoms. The smallest absolute Gasteiger partial charge is 0.262 e. The van der Waals surface area contributed by atoms with Gasteiger partial charge in [-0.3, -0.25) is 9.59 Å². The summed E-state index contributed by atoms with van der Waals surface area (Å²) >= 11 is 0. The predicted octanol–water partition coefficient (Wildman–Crippen LogP) is 2.32. The monoisotopic (exact) mass is 371 g/mol. The van der Waals surface area contributed by atoms with Gasteiger partial charge in [-0.1, -0.05) is 24.3 Å². The van der Waals surface area contributed by atoms with E-state index < -0.39 is 11.7 Å². The van der Waals surface area contributed by atoms with Gasteiger partial charge in [-0.15, -0.1) is 0 Å². The Morgan fingerprint density at radius 2 is 1.78 bits per heavy atom. The minimum absolute atomic E-state index is 0.0861. The summed E-state index contributed by atoms with van der Waals surface area (Å²) in [7, 11) is 0. The van der Waals surface area contributed by atoms with Gasteiger partial charge in [0, 0.05) is 6.04 Å². The highest BCUT2D eigenvalue weighted by Crippen LogP contribution is 2.19. The second-order valence-corrected chi connectivity index (χ2v) is 6.31. The number of hydrogen-bond donors (Lipinski definition) is 3. The molecule has 1 heterocycles. The van der Waals surface area contributed by atoms with Gasteiger partial charge in [-0.05, 0) is 50.2 Å². The molecule has 0 radical (unpaired) electrons. The van der Waals surface area contributed by atoms with Crippen molar-refractivity contribution in [2.24, 2.45) is 0 Å². The van der Waals surface area contributed by atoms with Crippen molar-refractivity contribution in [3.63, 3.8) is 0 Å². The van der Waals surface area contributed by atoms with E-state index in [2.05, 4.69) is 16.0 Å². The van der Waals surface area contributed by atoms with Gasteiger partial charge in [0.25, 0.3) is 11.8 Å². The molecule has 1 saturated heterocycles. The molecular weight excluding hydrogens is 349 g/mol. The molecule has 2 aromatic rings. The average molecular weight is 371 g/mol. The van der Waals surface area contributed by atoms with Gasteiger partial charge in [0.2, 0.25) is 0 Å². The van der Waals surface area contributed by atoms with E-state index >= 15 is 0 Å². The summed E-state index contributed by atoms with van der Waals surface area (Å²) < 4.78 is 19.1. The van der Waals surface area contributed by atoms with E-state index in [1.807, 2.05) is 0 Å². The van der Waals surface area contributed by atoms with E-state index in [1.165, 1.54) is 12.1 Å². The Morgan fingerprint density at radius 1 is 1.07 bits per heavy atom. The fraction of sp³-hybridized carbons (Fsp3) is 0.300. The SMILES string of the molecule is O=C(COc1ccccc1C(=O)NC1CCNCC1)Nc1ccccc1F. The van der Waals surface area contributed by atoms with Gasteiger partial charge in [0.1, 0.15) is 11.6 Å². The maximum Gasteiger partial charge on any atom is 0.262 e. The molecule has 0 bridgehead atoms. The molecule has 0 aromatic heterocycles. The quantitative estimate of drug-likeness (QED) is 0.728. The summed E-state index contributed by atoms with van der Waals surface area (Å²) in [6, 6.07) is 12.8. The lowest BCUT2D eigenvalue weighted by atomic mass is 10.1. The van der Waals surface area contributed by atoms with E-state index in [1.54, 1.807) is 36.4 Å². The molecule has 0 saturated carbocycles. The van der Waals surface area contributed by atoms with Crippen LogP contribution in [0, 0.1) is 5.82 Å². The van der Waals surface area contributed by atoms with Crippen molar-refractivity contribution in [3.05, 3.63) is 59.9 Å². The first-order valence-corrected chi connectivity index (χ1v) is 8.91. The number of benzene rings is 2. The van der Waals surface area contributed by atoms with Crippen LogP contribution < -0.4 is 20.7 Å². The number of para-hydroxylation sites is 2. The molecule has 0 aliphatic carbocycles.